The van der Waals surface area contributed by atoms with E-state index in [1.54, 1.807) is 18.5 Å². The number of pyridine rings is 1. The molecule has 184 valence electrons. The third kappa shape index (κ3) is 5.65. The summed E-state index contributed by atoms with van der Waals surface area (Å²) in [5.41, 5.74) is 9.15. The molecule has 2 N–H and O–H groups in total. The molecule has 0 radical (unpaired) electrons. The van der Waals surface area contributed by atoms with E-state index in [4.69, 9.17) is 17.3 Å². The third-order valence-electron chi connectivity index (χ3n) is 5.86. The van der Waals surface area contributed by atoms with Crippen LogP contribution in [0.25, 0.3) is 27.2 Å². The van der Waals surface area contributed by atoms with E-state index >= 15 is 0 Å². The van der Waals surface area contributed by atoms with E-state index in [0.29, 0.717) is 13.5 Å². The number of rotatable bonds is 9. The van der Waals surface area contributed by atoms with Crippen LogP contribution in [0.4, 0.5) is 4.39 Å². The van der Waals surface area contributed by atoms with Gasteiger partial charge in [0, 0.05) is 17.3 Å². The number of nitrogens with zero attached hydrogens (tertiary/aromatic N) is 3. The quantitative estimate of drug-likeness (QED) is 0.149. The highest BCUT2D eigenvalue weighted by Crippen LogP contribution is 2.36. The zero-order valence-electron chi connectivity index (χ0n) is 19.8. The number of halogens is 2. The number of thiophene rings is 1. The van der Waals surface area contributed by atoms with E-state index in [-0.39, 0.29) is 11.6 Å². The highest BCUT2D eigenvalue weighted by molar-refractivity contribution is 7.49. The van der Waals surface area contributed by atoms with Gasteiger partial charge >= 0.3 is 0 Å². The lowest BCUT2D eigenvalue weighted by molar-refractivity contribution is 0.100. The van der Waals surface area contributed by atoms with Crippen molar-refractivity contribution in [2.45, 2.75) is 19.5 Å². The first-order valence-corrected chi connectivity index (χ1v) is 13.5. The van der Waals surface area contributed by atoms with Gasteiger partial charge in [-0.2, -0.15) is 4.39 Å². The van der Waals surface area contributed by atoms with E-state index < -0.39 is 11.9 Å². The Balaban J connectivity index is 1.64. The number of allylic oxidation sites excluding steroid dienone is 5. The number of hydrogen-bond acceptors (Lipinski definition) is 4. The molecule has 3 aromatic heterocycles. The number of primary amides is 1. The minimum Gasteiger partial charge on any atom is -0.365 e. The Bertz CT molecular complexity index is 1490. The molecule has 0 bridgehead atoms. The van der Waals surface area contributed by atoms with Gasteiger partial charge in [0.15, 0.2) is 0 Å². The van der Waals surface area contributed by atoms with Crippen molar-refractivity contribution in [2.75, 3.05) is 0 Å². The summed E-state index contributed by atoms with van der Waals surface area (Å²) in [4.78, 5) is 21.0. The van der Waals surface area contributed by atoms with Crippen molar-refractivity contribution < 1.29 is 9.18 Å². The molecule has 0 aliphatic carbocycles. The van der Waals surface area contributed by atoms with Gasteiger partial charge in [-0.3, -0.25) is 9.36 Å². The average molecular weight is 539 g/mol. The van der Waals surface area contributed by atoms with Crippen LogP contribution < -0.4 is 11.0 Å². The Morgan fingerprint density at radius 2 is 1.97 bits per heavy atom. The molecule has 4 rings (SSSR count). The zero-order chi connectivity index (χ0) is 25.8. The normalized spacial score (nSPS) is 14.2. The van der Waals surface area contributed by atoms with E-state index in [0.717, 1.165) is 37.5 Å². The fraction of sp³-hybridized carbons (Fsp3) is 0.148. The maximum absolute atomic E-state index is 13.6. The highest BCUT2D eigenvalue weighted by atomic mass is 35.5. The number of nitrogens with two attached hydrogens (primary N) is 1. The average Bonchev–Trinajstić information content (AvgIpc) is 3.47. The van der Waals surface area contributed by atoms with Gasteiger partial charge in [-0.15, -0.1) is 11.3 Å². The molecule has 3 heterocycles. The number of amides is 1. The van der Waals surface area contributed by atoms with Crippen molar-refractivity contribution in [1.82, 2.24) is 14.5 Å². The molecule has 9 heteroatoms. The van der Waals surface area contributed by atoms with Crippen LogP contribution in [0, 0.1) is 11.9 Å². The standard InChI is InChI=1S/C27H25ClFN4OPS/c1-4-5-6-7-20(28)16(2)17(3)35-23-14-25(36-26(23)27(30)34)33-15-32-21-12-18(8-9-22(21)33)19-10-11-31-24(29)13-19/h4-17,35H,1H2,2-3H3,(H2,30,34)/b6-5-,20-7+. The zero-order valence-corrected chi connectivity index (χ0v) is 22.4. The van der Waals surface area contributed by atoms with Crippen molar-refractivity contribution in [3.8, 4) is 16.1 Å². The first-order chi connectivity index (χ1) is 17.3. The predicted octanol–water partition coefficient (Wildman–Crippen LogP) is 6.58. The van der Waals surface area contributed by atoms with Crippen LogP contribution in [0.1, 0.15) is 23.5 Å². The first-order valence-electron chi connectivity index (χ1n) is 11.2. The number of benzene rings is 1. The van der Waals surface area contributed by atoms with Crippen LogP contribution in [0.2, 0.25) is 0 Å². The molecular formula is C27H25ClFN4OPS. The number of fused-ring (bicyclic) bond motifs is 1. The second-order valence-corrected chi connectivity index (χ2v) is 11.5. The minimum atomic E-state index is -0.530. The van der Waals surface area contributed by atoms with E-state index in [2.05, 4.69) is 30.4 Å². The molecule has 1 amide bonds. The van der Waals surface area contributed by atoms with Gasteiger partial charge in [-0.1, -0.05) is 64.9 Å². The van der Waals surface area contributed by atoms with Crippen molar-refractivity contribution in [3.05, 3.63) is 95.7 Å². The summed E-state index contributed by atoms with van der Waals surface area (Å²) in [6.45, 7) is 7.85. The SMILES string of the molecule is C=C/C=C\C=C(\Cl)C(C)C(C)Pc1cc(-n2cnc3cc(-c4ccnc(F)c4)ccc32)sc1C(N)=O. The van der Waals surface area contributed by atoms with Gasteiger partial charge in [-0.25, -0.2) is 9.97 Å². The van der Waals surface area contributed by atoms with Crippen molar-refractivity contribution in [1.29, 1.82) is 0 Å². The topological polar surface area (TPSA) is 73.8 Å². The summed E-state index contributed by atoms with van der Waals surface area (Å²) >= 11 is 7.85. The molecule has 0 spiro atoms. The molecule has 0 aliphatic rings. The van der Waals surface area contributed by atoms with Gasteiger partial charge < -0.3 is 5.73 Å². The molecular weight excluding hydrogens is 514 g/mol. The molecule has 0 fully saturated rings. The molecule has 0 saturated heterocycles. The van der Waals surface area contributed by atoms with E-state index in [9.17, 15) is 9.18 Å². The molecule has 0 saturated carbocycles. The maximum atomic E-state index is 13.6. The Morgan fingerprint density at radius 1 is 1.19 bits per heavy atom. The van der Waals surface area contributed by atoms with Crippen molar-refractivity contribution in [2.24, 2.45) is 11.7 Å². The number of hydrogen-bond donors (Lipinski definition) is 1. The minimum absolute atomic E-state index is 0.106. The lowest BCUT2D eigenvalue weighted by atomic mass is 10.1. The largest absolute Gasteiger partial charge is 0.365 e. The summed E-state index contributed by atoms with van der Waals surface area (Å²) in [6, 6.07) is 10.9. The number of carbonyl (C=O) groups excluding carboxylic acids is 1. The number of aromatic nitrogens is 3. The molecule has 1 aromatic carbocycles. The maximum Gasteiger partial charge on any atom is 0.259 e. The molecule has 4 aromatic rings. The fourth-order valence-corrected chi connectivity index (χ4v) is 6.82. The second-order valence-electron chi connectivity index (χ2n) is 8.27. The lowest BCUT2D eigenvalue weighted by Gasteiger charge is -2.19. The monoisotopic (exact) mass is 538 g/mol. The number of imidazole rings is 1. The van der Waals surface area contributed by atoms with Crippen LogP contribution in [0.3, 0.4) is 0 Å². The number of carbonyl (C=O) groups is 1. The Labute approximate surface area is 220 Å². The van der Waals surface area contributed by atoms with E-state index in [1.807, 2.05) is 47.1 Å². The van der Waals surface area contributed by atoms with Crippen LogP contribution in [-0.2, 0) is 0 Å². The fourth-order valence-electron chi connectivity index (χ4n) is 3.72. The van der Waals surface area contributed by atoms with Gasteiger partial charge in [0.25, 0.3) is 5.91 Å². The molecule has 3 atom stereocenters. The second kappa shape index (κ2) is 11.3. The van der Waals surface area contributed by atoms with Crippen molar-refractivity contribution >= 4 is 53.8 Å². The first kappa shape index (κ1) is 26.0. The Morgan fingerprint density at radius 3 is 2.69 bits per heavy atom. The summed E-state index contributed by atoms with van der Waals surface area (Å²) < 4.78 is 15.5. The molecule has 0 aliphatic heterocycles. The van der Waals surface area contributed by atoms with Gasteiger partial charge in [0.05, 0.1) is 11.0 Å². The van der Waals surface area contributed by atoms with Crippen molar-refractivity contribution in [3.63, 3.8) is 0 Å². The predicted molar refractivity (Wildman–Crippen MR) is 151 cm³/mol. The van der Waals surface area contributed by atoms with Gasteiger partial charge in [-0.05, 0) is 58.3 Å². The van der Waals surface area contributed by atoms with Crippen LogP contribution in [0.15, 0.2) is 84.8 Å². The van der Waals surface area contributed by atoms with E-state index in [1.165, 1.54) is 23.6 Å². The molecule has 3 unspecified atom stereocenters. The highest BCUT2D eigenvalue weighted by Gasteiger charge is 2.22. The smallest absolute Gasteiger partial charge is 0.259 e. The lowest BCUT2D eigenvalue weighted by Crippen LogP contribution is -2.19. The van der Waals surface area contributed by atoms with Crippen LogP contribution >= 0.6 is 31.5 Å². The summed E-state index contributed by atoms with van der Waals surface area (Å²) in [5, 5.41) is 2.51. The Kier molecular flexibility index (Phi) is 8.14. The molecule has 36 heavy (non-hydrogen) atoms. The van der Waals surface area contributed by atoms with Gasteiger partial charge in [0.2, 0.25) is 5.95 Å². The summed E-state index contributed by atoms with van der Waals surface area (Å²) in [6.07, 6.45) is 10.4. The third-order valence-corrected chi connectivity index (χ3v) is 9.32. The Hall–Kier alpha value is -3.12. The van der Waals surface area contributed by atoms with Crippen LogP contribution in [0.5, 0.6) is 0 Å². The summed E-state index contributed by atoms with van der Waals surface area (Å²) in [5.74, 6) is -0.873. The van der Waals surface area contributed by atoms with Gasteiger partial charge in [0.1, 0.15) is 16.2 Å². The molecule has 5 nitrogen and oxygen atoms in total. The van der Waals surface area contributed by atoms with Crippen LogP contribution in [-0.4, -0.2) is 26.1 Å². The summed E-state index contributed by atoms with van der Waals surface area (Å²) in [7, 11) is 0.343.